The molecular formula is C29H36N4O10. The van der Waals surface area contributed by atoms with Gasteiger partial charge in [-0.05, 0) is 56.9 Å². The number of ether oxygens (including phenoxy) is 2. The lowest BCUT2D eigenvalue weighted by Crippen LogP contribution is -2.57. The van der Waals surface area contributed by atoms with E-state index in [0.29, 0.717) is 35.4 Å². The average molecular weight is 601 g/mol. The number of amides is 4. The van der Waals surface area contributed by atoms with Crippen LogP contribution in [0.3, 0.4) is 0 Å². The van der Waals surface area contributed by atoms with Gasteiger partial charge in [-0.15, -0.1) is 0 Å². The second kappa shape index (κ2) is 13.6. The highest BCUT2D eigenvalue weighted by atomic mass is 16.6. The lowest BCUT2D eigenvalue weighted by atomic mass is 9.82. The van der Waals surface area contributed by atoms with Crippen LogP contribution in [0.5, 0.6) is 0 Å². The number of ketones is 1. The van der Waals surface area contributed by atoms with Gasteiger partial charge < -0.3 is 34.8 Å². The van der Waals surface area contributed by atoms with E-state index in [1.165, 1.54) is 27.8 Å². The molecule has 2 heterocycles. The minimum atomic E-state index is -1.17. The maximum absolute atomic E-state index is 13.7. The summed E-state index contributed by atoms with van der Waals surface area (Å²) in [4.78, 5) is 78.0. The highest BCUT2D eigenvalue weighted by Crippen LogP contribution is 2.36. The Bertz CT molecular complexity index is 1310. The first-order valence-electron chi connectivity index (χ1n) is 14.2. The Balaban J connectivity index is 1.52. The monoisotopic (exact) mass is 600 g/mol. The zero-order chi connectivity index (χ0) is 31.3. The molecule has 0 aromatic heterocycles. The van der Waals surface area contributed by atoms with E-state index in [-0.39, 0.29) is 63.9 Å². The van der Waals surface area contributed by atoms with Crippen LogP contribution in [0.15, 0.2) is 30.2 Å². The van der Waals surface area contributed by atoms with Gasteiger partial charge in [-0.2, -0.15) is 0 Å². The SMILES string of the molecule is CCOC(=O)N1CCN(C(=O)C(CCC(=O)O)NC(=O)N2C=C(OC3CC(C(=O)O)C3)Cc3cc(C(C)=O)ccc32)CC1. The van der Waals surface area contributed by atoms with E-state index in [9.17, 15) is 39.0 Å². The molecule has 1 atom stereocenters. The number of nitrogens with zero attached hydrogens (tertiary/aromatic N) is 3. The molecule has 1 aromatic rings. The molecule has 1 saturated carbocycles. The van der Waals surface area contributed by atoms with Crippen molar-refractivity contribution in [2.24, 2.45) is 5.92 Å². The number of carboxylic acid groups (broad SMARTS) is 2. The molecule has 2 aliphatic heterocycles. The van der Waals surface area contributed by atoms with E-state index in [2.05, 4.69) is 5.32 Å². The van der Waals surface area contributed by atoms with Gasteiger partial charge in [0.1, 0.15) is 11.8 Å². The molecule has 1 aromatic carbocycles. The number of nitrogens with one attached hydrogen (secondary N) is 1. The second-order valence-corrected chi connectivity index (χ2v) is 10.7. The van der Waals surface area contributed by atoms with Crippen molar-refractivity contribution in [1.29, 1.82) is 0 Å². The van der Waals surface area contributed by atoms with E-state index in [1.807, 2.05) is 0 Å². The maximum Gasteiger partial charge on any atom is 0.409 e. The van der Waals surface area contributed by atoms with Gasteiger partial charge in [-0.3, -0.25) is 24.1 Å². The third-order valence-electron chi connectivity index (χ3n) is 7.72. The van der Waals surface area contributed by atoms with E-state index in [1.54, 1.807) is 25.1 Å². The molecule has 43 heavy (non-hydrogen) atoms. The first-order chi connectivity index (χ1) is 20.5. The Morgan fingerprint density at radius 2 is 1.70 bits per heavy atom. The number of hydrogen-bond acceptors (Lipinski definition) is 8. The predicted molar refractivity (Wildman–Crippen MR) is 150 cm³/mol. The highest BCUT2D eigenvalue weighted by Gasteiger charge is 2.38. The third kappa shape index (κ3) is 7.62. The maximum atomic E-state index is 13.7. The number of piperazine rings is 1. The fraction of sp³-hybridized carbons (Fsp3) is 0.517. The van der Waals surface area contributed by atoms with Crippen LogP contribution in [0.1, 0.15) is 55.5 Å². The van der Waals surface area contributed by atoms with E-state index >= 15 is 0 Å². The standard InChI is InChI=1S/C29H36N4O10/c1-3-42-29(41)32-10-8-31(9-11-32)26(37)23(5-7-25(35)36)30-28(40)33-16-22(43-21-14-20(15-21)27(38)39)13-19-12-18(17(2)34)4-6-24(19)33/h4,6,12,16,20-21,23H,3,5,7-11,13-15H2,1-2H3,(H,30,40)(H,35,36)(H,38,39). The topological polar surface area (TPSA) is 183 Å². The molecule has 0 bridgehead atoms. The van der Waals surface area contributed by atoms with Crippen LogP contribution < -0.4 is 10.2 Å². The van der Waals surface area contributed by atoms with Crippen molar-refractivity contribution in [2.75, 3.05) is 37.7 Å². The summed E-state index contributed by atoms with van der Waals surface area (Å²) in [6, 6.07) is 2.99. The van der Waals surface area contributed by atoms with Crippen molar-refractivity contribution in [1.82, 2.24) is 15.1 Å². The van der Waals surface area contributed by atoms with Gasteiger partial charge in [0.05, 0.1) is 30.5 Å². The quantitative estimate of drug-likeness (QED) is 0.337. The molecule has 1 unspecified atom stereocenters. The summed E-state index contributed by atoms with van der Waals surface area (Å²) in [5.74, 6) is -2.77. The molecule has 232 valence electrons. The Morgan fingerprint density at radius 3 is 2.30 bits per heavy atom. The molecule has 0 radical (unpaired) electrons. The van der Waals surface area contributed by atoms with Crippen LogP contribution in [0.2, 0.25) is 0 Å². The Hall–Kier alpha value is -4.62. The zero-order valence-electron chi connectivity index (χ0n) is 24.1. The number of rotatable bonds is 10. The van der Waals surface area contributed by atoms with E-state index in [0.717, 1.165) is 0 Å². The zero-order valence-corrected chi connectivity index (χ0v) is 24.1. The van der Waals surface area contributed by atoms with Crippen LogP contribution in [0.4, 0.5) is 15.3 Å². The van der Waals surface area contributed by atoms with E-state index < -0.39 is 41.9 Å². The lowest BCUT2D eigenvalue weighted by molar-refractivity contribution is -0.149. The largest absolute Gasteiger partial charge is 0.493 e. The molecule has 3 N–H and O–H groups in total. The van der Waals surface area contributed by atoms with E-state index in [4.69, 9.17) is 9.47 Å². The smallest absolute Gasteiger partial charge is 0.409 e. The number of carbonyl (C=O) groups is 6. The van der Waals surface area contributed by atoms with Crippen molar-refractivity contribution in [3.8, 4) is 0 Å². The first kappa shape index (κ1) is 31.3. The summed E-state index contributed by atoms with van der Waals surface area (Å²) in [5, 5.41) is 21.2. The number of aliphatic carboxylic acids is 2. The van der Waals surface area contributed by atoms with Gasteiger partial charge in [-0.25, -0.2) is 9.59 Å². The fourth-order valence-corrected chi connectivity index (χ4v) is 5.23. The van der Waals surface area contributed by atoms with Crippen LogP contribution in [-0.2, 0) is 30.3 Å². The molecule has 14 nitrogen and oxygen atoms in total. The minimum absolute atomic E-state index is 0.159. The van der Waals surface area contributed by atoms with Gasteiger partial charge >= 0.3 is 24.1 Å². The van der Waals surface area contributed by atoms with Gasteiger partial charge in [0, 0.05) is 44.6 Å². The van der Waals surface area contributed by atoms with Gasteiger partial charge in [0.15, 0.2) is 5.78 Å². The van der Waals surface area contributed by atoms with Gasteiger partial charge in [0.25, 0.3) is 0 Å². The number of urea groups is 1. The Kier molecular flexibility index (Phi) is 9.88. The van der Waals surface area contributed by atoms with Crippen LogP contribution in [0, 0.1) is 5.92 Å². The number of anilines is 1. The number of allylic oxidation sites excluding steroid dienone is 1. The molecular weight excluding hydrogens is 564 g/mol. The minimum Gasteiger partial charge on any atom is -0.493 e. The van der Waals surface area contributed by atoms with Crippen LogP contribution in [0.25, 0.3) is 0 Å². The summed E-state index contributed by atoms with van der Waals surface area (Å²) in [6.45, 7) is 4.19. The first-order valence-corrected chi connectivity index (χ1v) is 14.2. The predicted octanol–water partition coefficient (Wildman–Crippen LogP) is 2.22. The summed E-state index contributed by atoms with van der Waals surface area (Å²) in [7, 11) is 0. The number of Topliss-reactive ketones (excluding diaryl/α,β-unsaturated/α-hetero) is 1. The molecule has 3 aliphatic rings. The second-order valence-electron chi connectivity index (χ2n) is 10.7. The number of fused-ring (bicyclic) bond motifs is 1. The van der Waals surface area contributed by atoms with Gasteiger partial charge in [0.2, 0.25) is 5.91 Å². The lowest BCUT2D eigenvalue weighted by Gasteiger charge is -2.37. The summed E-state index contributed by atoms with van der Waals surface area (Å²) >= 11 is 0. The Morgan fingerprint density at radius 1 is 1.02 bits per heavy atom. The van der Waals surface area contributed by atoms with Crippen molar-refractivity contribution >= 4 is 41.4 Å². The molecule has 0 spiro atoms. The van der Waals surface area contributed by atoms with Crippen molar-refractivity contribution in [2.45, 2.75) is 58.1 Å². The summed E-state index contributed by atoms with van der Waals surface area (Å²) in [6.07, 6.45) is 1.04. The number of carboxylic acids is 2. The number of benzene rings is 1. The van der Waals surface area contributed by atoms with Crippen LogP contribution in [-0.4, -0.2) is 101 Å². The van der Waals surface area contributed by atoms with Crippen molar-refractivity contribution in [3.63, 3.8) is 0 Å². The van der Waals surface area contributed by atoms with Crippen molar-refractivity contribution in [3.05, 3.63) is 41.3 Å². The summed E-state index contributed by atoms with van der Waals surface area (Å²) < 4.78 is 11.0. The van der Waals surface area contributed by atoms with Crippen LogP contribution >= 0.6 is 0 Å². The molecule has 4 rings (SSSR count). The van der Waals surface area contributed by atoms with Gasteiger partial charge in [-0.1, -0.05) is 0 Å². The highest BCUT2D eigenvalue weighted by molar-refractivity contribution is 6.00. The number of hydrogen-bond donors (Lipinski definition) is 3. The molecule has 14 heteroatoms. The normalized spacial score (nSPS) is 20.1. The third-order valence-corrected chi connectivity index (χ3v) is 7.72. The molecule has 1 aliphatic carbocycles. The van der Waals surface area contributed by atoms with Crippen molar-refractivity contribution < 1.29 is 48.5 Å². The molecule has 4 amide bonds. The average Bonchev–Trinajstić information content (AvgIpc) is 2.95. The fourth-order valence-electron chi connectivity index (χ4n) is 5.23. The number of carbonyl (C=O) groups excluding carboxylic acids is 4. The Labute approximate surface area is 248 Å². The molecule has 2 fully saturated rings. The molecule has 1 saturated heterocycles. The summed E-state index contributed by atoms with van der Waals surface area (Å²) in [5.41, 5.74) is 1.52.